The Balaban J connectivity index is 2.16. The first-order chi connectivity index (χ1) is 9.49. The Bertz CT molecular complexity index is 520. The van der Waals surface area contributed by atoms with Gasteiger partial charge in [0.2, 0.25) is 5.91 Å². The average Bonchev–Trinajstić information content (AvgIpc) is 3.20. The number of hydrogen-bond acceptors (Lipinski definition) is 2. The second-order valence-electron chi connectivity index (χ2n) is 5.48. The molecule has 1 aromatic rings. The van der Waals surface area contributed by atoms with Crippen molar-refractivity contribution >= 4 is 11.9 Å². The van der Waals surface area contributed by atoms with E-state index in [1.54, 1.807) is 4.90 Å². The smallest absolute Gasteiger partial charge is 0.305 e. The van der Waals surface area contributed by atoms with Gasteiger partial charge in [-0.2, -0.15) is 0 Å². The predicted octanol–water partition coefficient (Wildman–Crippen LogP) is 2.35. The van der Waals surface area contributed by atoms with Gasteiger partial charge < -0.3 is 10.0 Å². The summed E-state index contributed by atoms with van der Waals surface area (Å²) in [7, 11) is 0. The molecule has 108 valence electrons. The zero-order chi connectivity index (χ0) is 14.8. The van der Waals surface area contributed by atoms with Crippen molar-refractivity contribution in [3.63, 3.8) is 0 Å². The van der Waals surface area contributed by atoms with E-state index < -0.39 is 11.4 Å². The van der Waals surface area contributed by atoms with Crippen molar-refractivity contribution in [1.29, 1.82) is 0 Å². The van der Waals surface area contributed by atoms with Crippen LogP contribution in [0.2, 0.25) is 0 Å². The lowest BCUT2D eigenvalue weighted by Crippen LogP contribution is -2.40. The molecule has 0 aromatic heterocycles. The Hall–Kier alpha value is -1.84. The predicted molar refractivity (Wildman–Crippen MR) is 76.6 cm³/mol. The Morgan fingerprint density at radius 1 is 1.35 bits per heavy atom. The average molecular weight is 275 g/mol. The monoisotopic (exact) mass is 275 g/mol. The number of benzene rings is 1. The first-order valence-corrected chi connectivity index (χ1v) is 7.08. The minimum Gasteiger partial charge on any atom is -0.481 e. The quantitative estimate of drug-likeness (QED) is 0.867. The van der Waals surface area contributed by atoms with Gasteiger partial charge in [-0.05, 0) is 32.3 Å². The van der Waals surface area contributed by atoms with Crippen LogP contribution in [0.15, 0.2) is 24.3 Å². The highest BCUT2D eigenvalue weighted by atomic mass is 16.4. The maximum absolute atomic E-state index is 12.7. The van der Waals surface area contributed by atoms with Crippen LogP contribution in [0.4, 0.5) is 0 Å². The van der Waals surface area contributed by atoms with Gasteiger partial charge in [-0.1, -0.05) is 29.8 Å². The first-order valence-electron chi connectivity index (χ1n) is 7.08. The summed E-state index contributed by atoms with van der Waals surface area (Å²) in [6.45, 7) is 4.76. The lowest BCUT2D eigenvalue weighted by atomic mass is 9.93. The number of carbonyl (C=O) groups excluding carboxylic acids is 1. The molecule has 4 nitrogen and oxygen atoms in total. The van der Waals surface area contributed by atoms with Crippen molar-refractivity contribution < 1.29 is 14.7 Å². The minimum absolute atomic E-state index is 0.00345. The highest BCUT2D eigenvalue weighted by Crippen LogP contribution is 2.49. The summed E-state index contributed by atoms with van der Waals surface area (Å²) in [5.74, 6) is -0.788. The van der Waals surface area contributed by atoms with E-state index in [4.69, 9.17) is 5.11 Å². The van der Waals surface area contributed by atoms with E-state index in [0.717, 1.165) is 24.0 Å². The topological polar surface area (TPSA) is 57.6 Å². The van der Waals surface area contributed by atoms with Gasteiger partial charge in [-0.15, -0.1) is 0 Å². The van der Waals surface area contributed by atoms with Crippen molar-refractivity contribution in [3.8, 4) is 0 Å². The van der Waals surface area contributed by atoms with Gasteiger partial charge in [0.05, 0.1) is 11.8 Å². The fourth-order valence-corrected chi connectivity index (χ4v) is 2.63. The van der Waals surface area contributed by atoms with E-state index in [1.807, 2.05) is 32.0 Å². The summed E-state index contributed by atoms with van der Waals surface area (Å²) in [4.78, 5) is 25.1. The van der Waals surface area contributed by atoms with E-state index in [0.29, 0.717) is 6.54 Å². The Kier molecular flexibility index (Phi) is 4.12. The van der Waals surface area contributed by atoms with E-state index in [9.17, 15) is 9.59 Å². The number of carbonyl (C=O) groups is 2. The molecule has 2 rings (SSSR count). The summed E-state index contributed by atoms with van der Waals surface area (Å²) in [5, 5.41) is 8.77. The van der Waals surface area contributed by atoms with E-state index in [-0.39, 0.29) is 18.9 Å². The Morgan fingerprint density at radius 3 is 2.55 bits per heavy atom. The number of nitrogens with zero attached hydrogens (tertiary/aromatic N) is 1. The number of aliphatic carboxylic acids is 1. The number of rotatable bonds is 6. The second-order valence-corrected chi connectivity index (χ2v) is 5.48. The highest BCUT2D eigenvalue weighted by molar-refractivity contribution is 5.91. The van der Waals surface area contributed by atoms with Crippen LogP contribution in [0.3, 0.4) is 0 Å². The number of carboxylic acids is 1. The minimum atomic E-state index is -0.864. The molecule has 0 aliphatic heterocycles. The van der Waals surface area contributed by atoms with Crippen LogP contribution in [0.5, 0.6) is 0 Å². The van der Waals surface area contributed by atoms with Crippen molar-refractivity contribution in [1.82, 2.24) is 4.90 Å². The van der Waals surface area contributed by atoms with Gasteiger partial charge in [0.15, 0.2) is 0 Å². The third-order valence-electron chi connectivity index (χ3n) is 3.99. The number of aryl methyl sites for hydroxylation is 1. The molecule has 0 heterocycles. The fraction of sp³-hybridized carbons (Fsp3) is 0.500. The van der Waals surface area contributed by atoms with Gasteiger partial charge in [0.25, 0.3) is 0 Å². The van der Waals surface area contributed by atoms with Crippen LogP contribution < -0.4 is 0 Å². The number of likely N-dealkylation sites (N-methyl/N-ethyl adjacent to an activating group) is 1. The van der Waals surface area contributed by atoms with Crippen molar-refractivity contribution in [2.75, 3.05) is 13.1 Å². The Labute approximate surface area is 119 Å². The lowest BCUT2D eigenvalue weighted by Gasteiger charge is -2.26. The summed E-state index contributed by atoms with van der Waals surface area (Å²) < 4.78 is 0. The summed E-state index contributed by atoms with van der Waals surface area (Å²) in [6, 6.07) is 8.07. The summed E-state index contributed by atoms with van der Waals surface area (Å²) in [5.41, 5.74) is 1.81. The zero-order valence-corrected chi connectivity index (χ0v) is 12.1. The van der Waals surface area contributed by atoms with Crippen molar-refractivity contribution in [2.24, 2.45) is 0 Å². The molecule has 1 aromatic carbocycles. The molecule has 1 amide bonds. The molecule has 4 heteroatoms. The number of hydrogen-bond donors (Lipinski definition) is 1. The molecule has 0 radical (unpaired) electrons. The van der Waals surface area contributed by atoms with E-state index in [2.05, 4.69) is 6.07 Å². The summed E-state index contributed by atoms with van der Waals surface area (Å²) in [6.07, 6.45) is 1.72. The van der Waals surface area contributed by atoms with E-state index in [1.165, 1.54) is 0 Å². The van der Waals surface area contributed by atoms with E-state index >= 15 is 0 Å². The van der Waals surface area contributed by atoms with Crippen molar-refractivity contribution in [2.45, 2.75) is 38.5 Å². The van der Waals surface area contributed by atoms with Crippen LogP contribution in [0.25, 0.3) is 0 Å². The summed E-state index contributed by atoms with van der Waals surface area (Å²) >= 11 is 0. The zero-order valence-electron chi connectivity index (χ0n) is 12.1. The first kappa shape index (κ1) is 14.6. The van der Waals surface area contributed by atoms with Gasteiger partial charge >= 0.3 is 5.97 Å². The fourth-order valence-electron chi connectivity index (χ4n) is 2.63. The SMILES string of the molecule is CCN(CCC(=O)O)C(=O)C1(c2cccc(C)c2)CC1. The molecule has 20 heavy (non-hydrogen) atoms. The van der Waals surface area contributed by atoms with Gasteiger partial charge in [0, 0.05) is 13.1 Å². The molecule has 1 aliphatic rings. The molecule has 1 fully saturated rings. The Morgan fingerprint density at radius 2 is 2.05 bits per heavy atom. The molecule has 0 bridgehead atoms. The number of amides is 1. The molecule has 0 saturated heterocycles. The molecular formula is C16H21NO3. The lowest BCUT2D eigenvalue weighted by molar-refractivity contribution is -0.139. The highest BCUT2D eigenvalue weighted by Gasteiger charge is 2.52. The standard InChI is InChI=1S/C16H21NO3/c1-3-17(10-7-14(18)19)15(20)16(8-9-16)13-6-4-5-12(2)11-13/h4-6,11H,3,7-10H2,1-2H3,(H,18,19). The molecule has 1 aliphatic carbocycles. The van der Waals surface area contributed by atoms with Crippen LogP contribution >= 0.6 is 0 Å². The third-order valence-corrected chi connectivity index (χ3v) is 3.99. The van der Waals surface area contributed by atoms with Crippen molar-refractivity contribution in [3.05, 3.63) is 35.4 Å². The maximum atomic E-state index is 12.7. The van der Waals surface area contributed by atoms with Crippen LogP contribution in [0, 0.1) is 6.92 Å². The molecule has 0 spiro atoms. The molecule has 1 N–H and O–H groups in total. The molecule has 0 atom stereocenters. The molecular weight excluding hydrogens is 254 g/mol. The molecule has 0 unspecified atom stereocenters. The van der Waals surface area contributed by atoms with Crippen LogP contribution in [0.1, 0.15) is 37.3 Å². The van der Waals surface area contributed by atoms with Gasteiger partial charge in [-0.3, -0.25) is 9.59 Å². The largest absolute Gasteiger partial charge is 0.481 e. The normalized spacial score (nSPS) is 15.7. The van der Waals surface area contributed by atoms with Crippen LogP contribution in [-0.2, 0) is 15.0 Å². The molecule has 1 saturated carbocycles. The van der Waals surface area contributed by atoms with Gasteiger partial charge in [-0.25, -0.2) is 0 Å². The van der Waals surface area contributed by atoms with Gasteiger partial charge in [0.1, 0.15) is 0 Å². The number of carboxylic acid groups (broad SMARTS) is 1. The van der Waals surface area contributed by atoms with Crippen LogP contribution in [-0.4, -0.2) is 35.0 Å². The second kappa shape index (κ2) is 5.65. The third kappa shape index (κ3) is 2.84. The maximum Gasteiger partial charge on any atom is 0.305 e.